The Bertz CT molecular complexity index is 514. The third kappa shape index (κ3) is 2.56. The van der Waals surface area contributed by atoms with Gasteiger partial charge in [0.1, 0.15) is 0 Å². The van der Waals surface area contributed by atoms with E-state index in [0.29, 0.717) is 19.5 Å². The topological polar surface area (TPSA) is 92.3 Å². The molecule has 0 aliphatic carbocycles. The molecule has 2 heterocycles. The van der Waals surface area contributed by atoms with Gasteiger partial charge in [-0.05, 0) is 19.8 Å². The van der Waals surface area contributed by atoms with Gasteiger partial charge in [0.05, 0.1) is 16.8 Å². The van der Waals surface area contributed by atoms with Crippen LogP contribution in [0.25, 0.3) is 0 Å². The summed E-state index contributed by atoms with van der Waals surface area (Å²) in [5.74, 6) is 0.246. The van der Waals surface area contributed by atoms with Gasteiger partial charge in [0.2, 0.25) is 10.0 Å². The molecule has 2 N–H and O–H groups in total. The molecule has 0 aromatic rings. The van der Waals surface area contributed by atoms with Crippen molar-refractivity contribution in [1.82, 2.24) is 10.0 Å². The molecule has 6 nitrogen and oxygen atoms in total. The zero-order valence-corrected chi connectivity index (χ0v) is 12.1. The number of sulfone groups is 1. The van der Waals surface area contributed by atoms with E-state index >= 15 is 0 Å². The van der Waals surface area contributed by atoms with Gasteiger partial charge in [0.25, 0.3) is 0 Å². The maximum absolute atomic E-state index is 12.0. The normalized spacial score (nSPS) is 35.3. The highest BCUT2D eigenvalue weighted by atomic mass is 32.2. The van der Waals surface area contributed by atoms with Crippen molar-refractivity contribution in [1.29, 1.82) is 0 Å². The van der Waals surface area contributed by atoms with Crippen LogP contribution in [0.15, 0.2) is 0 Å². The van der Waals surface area contributed by atoms with E-state index in [-0.39, 0.29) is 18.1 Å². The van der Waals surface area contributed by atoms with Crippen molar-refractivity contribution in [3.8, 4) is 0 Å². The molecule has 0 spiro atoms. The molecule has 2 aliphatic rings. The van der Waals surface area contributed by atoms with E-state index in [0.717, 1.165) is 6.42 Å². The lowest BCUT2D eigenvalue weighted by Crippen LogP contribution is -2.51. The molecule has 2 atom stereocenters. The smallest absolute Gasteiger partial charge is 0.211 e. The van der Waals surface area contributed by atoms with Gasteiger partial charge in [-0.2, -0.15) is 0 Å². The quantitative estimate of drug-likeness (QED) is 0.701. The number of nitrogens with one attached hydrogen (secondary N) is 2. The number of hydrogen-bond donors (Lipinski definition) is 2. The lowest BCUT2D eigenvalue weighted by molar-refractivity contribution is 0.282. The molecule has 0 aromatic heterocycles. The van der Waals surface area contributed by atoms with Crippen LogP contribution in [0.4, 0.5) is 0 Å². The van der Waals surface area contributed by atoms with E-state index in [1.165, 1.54) is 0 Å². The molecule has 2 aliphatic heterocycles. The summed E-state index contributed by atoms with van der Waals surface area (Å²) in [5, 5.41) is 2.65. The number of hydrogen-bond acceptors (Lipinski definition) is 5. The summed E-state index contributed by atoms with van der Waals surface area (Å²) < 4.78 is 49.7. The second kappa shape index (κ2) is 4.73. The summed E-state index contributed by atoms with van der Waals surface area (Å²) in [5.41, 5.74) is -0.459. The third-order valence-corrected chi connectivity index (χ3v) is 7.79. The highest BCUT2D eigenvalue weighted by molar-refractivity contribution is 7.92. The minimum absolute atomic E-state index is 0.0218. The molecular formula is C10H20N2O4S2. The van der Waals surface area contributed by atoms with Crippen LogP contribution in [0.3, 0.4) is 0 Å². The maximum Gasteiger partial charge on any atom is 0.211 e. The van der Waals surface area contributed by atoms with Gasteiger partial charge < -0.3 is 5.32 Å². The Labute approximate surface area is 108 Å². The van der Waals surface area contributed by atoms with Crippen molar-refractivity contribution in [3.05, 3.63) is 0 Å². The molecule has 0 saturated carbocycles. The molecule has 2 unspecified atom stereocenters. The summed E-state index contributed by atoms with van der Waals surface area (Å²) >= 11 is 0. The summed E-state index contributed by atoms with van der Waals surface area (Å²) in [6, 6.07) is 0. The van der Waals surface area contributed by atoms with Crippen molar-refractivity contribution >= 4 is 19.9 Å². The predicted molar refractivity (Wildman–Crippen MR) is 69.6 cm³/mol. The average Bonchev–Trinajstić information content (AvgIpc) is 2.72. The maximum atomic E-state index is 12.0. The van der Waals surface area contributed by atoms with Crippen molar-refractivity contribution in [2.45, 2.75) is 25.0 Å². The first-order valence-corrected chi connectivity index (χ1v) is 9.58. The van der Waals surface area contributed by atoms with Gasteiger partial charge in [-0.15, -0.1) is 0 Å². The second-order valence-electron chi connectivity index (χ2n) is 5.18. The van der Waals surface area contributed by atoms with E-state index in [4.69, 9.17) is 0 Å². The SMILES string of the molecule is CCS(=O)(=O)NCC12CCCS(=O)(=O)C1CNC2. The minimum atomic E-state index is -3.27. The molecule has 106 valence electrons. The molecule has 2 saturated heterocycles. The van der Waals surface area contributed by atoms with Gasteiger partial charge in [-0.1, -0.05) is 0 Å². The van der Waals surface area contributed by atoms with E-state index in [1.807, 2.05) is 0 Å². The van der Waals surface area contributed by atoms with Crippen molar-refractivity contribution in [2.75, 3.05) is 31.1 Å². The fourth-order valence-electron chi connectivity index (χ4n) is 2.93. The molecular weight excluding hydrogens is 276 g/mol. The number of sulfonamides is 1. The van der Waals surface area contributed by atoms with Crippen LogP contribution in [0, 0.1) is 5.41 Å². The lowest BCUT2D eigenvalue weighted by atomic mass is 9.82. The van der Waals surface area contributed by atoms with Gasteiger partial charge in [0.15, 0.2) is 9.84 Å². The average molecular weight is 296 g/mol. The van der Waals surface area contributed by atoms with E-state index < -0.39 is 30.5 Å². The van der Waals surface area contributed by atoms with Crippen molar-refractivity contribution < 1.29 is 16.8 Å². The highest BCUT2D eigenvalue weighted by Gasteiger charge is 2.51. The fraction of sp³-hybridized carbons (Fsp3) is 1.00. The first-order chi connectivity index (χ1) is 8.31. The predicted octanol–water partition coefficient (Wildman–Crippen LogP) is -0.907. The monoisotopic (exact) mass is 296 g/mol. The minimum Gasteiger partial charge on any atom is -0.315 e. The molecule has 0 radical (unpaired) electrons. The molecule has 8 heteroatoms. The Kier molecular flexibility index (Phi) is 3.74. The van der Waals surface area contributed by atoms with Crippen LogP contribution in [-0.2, 0) is 19.9 Å². The summed E-state index contributed by atoms with van der Waals surface area (Å²) in [4.78, 5) is 0. The van der Waals surface area contributed by atoms with Crippen LogP contribution in [0.2, 0.25) is 0 Å². The van der Waals surface area contributed by atoms with Crippen LogP contribution in [-0.4, -0.2) is 53.2 Å². The number of rotatable bonds is 4. The van der Waals surface area contributed by atoms with Crippen LogP contribution >= 0.6 is 0 Å². The van der Waals surface area contributed by atoms with Crippen LogP contribution in [0.1, 0.15) is 19.8 Å². The third-order valence-electron chi connectivity index (χ3n) is 4.05. The zero-order valence-electron chi connectivity index (χ0n) is 10.5. The van der Waals surface area contributed by atoms with Gasteiger partial charge >= 0.3 is 0 Å². The van der Waals surface area contributed by atoms with E-state index in [2.05, 4.69) is 10.0 Å². The van der Waals surface area contributed by atoms with Crippen molar-refractivity contribution in [2.24, 2.45) is 5.41 Å². The van der Waals surface area contributed by atoms with Crippen molar-refractivity contribution in [3.63, 3.8) is 0 Å². The van der Waals surface area contributed by atoms with Gasteiger partial charge in [-0.25, -0.2) is 21.6 Å². The highest BCUT2D eigenvalue weighted by Crippen LogP contribution is 2.39. The lowest BCUT2D eigenvalue weighted by Gasteiger charge is -2.38. The molecule has 0 bridgehead atoms. The summed E-state index contributed by atoms with van der Waals surface area (Å²) in [7, 11) is -6.36. The Morgan fingerprint density at radius 2 is 2.17 bits per heavy atom. The molecule has 2 rings (SSSR count). The van der Waals surface area contributed by atoms with Gasteiger partial charge in [0, 0.05) is 25.0 Å². The molecule has 0 aromatic carbocycles. The largest absolute Gasteiger partial charge is 0.315 e. The Morgan fingerprint density at radius 3 is 2.83 bits per heavy atom. The van der Waals surface area contributed by atoms with Gasteiger partial charge in [-0.3, -0.25) is 0 Å². The van der Waals surface area contributed by atoms with E-state index in [9.17, 15) is 16.8 Å². The van der Waals surface area contributed by atoms with E-state index in [1.54, 1.807) is 6.92 Å². The Balaban J connectivity index is 2.19. The summed E-state index contributed by atoms with van der Waals surface area (Å²) in [6.45, 7) is 2.81. The van der Waals surface area contributed by atoms with Crippen LogP contribution < -0.4 is 10.0 Å². The first-order valence-electron chi connectivity index (χ1n) is 6.21. The zero-order chi connectivity index (χ0) is 13.4. The molecule has 2 fully saturated rings. The Hall–Kier alpha value is -0.180. The molecule has 0 amide bonds. The Morgan fingerprint density at radius 1 is 1.44 bits per heavy atom. The summed E-state index contributed by atoms with van der Waals surface area (Å²) in [6.07, 6.45) is 1.38. The first kappa shape index (κ1) is 14.2. The second-order valence-corrected chi connectivity index (χ2v) is 9.58. The van der Waals surface area contributed by atoms with Crippen LogP contribution in [0.5, 0.6) is 0 Å². The number of fused-ring (bicyclic) bond motifs is 1. The standard InChI is InChI=1S/C10H20N2O4S2/c1-2-18(15,16)12-8-10-4-3-5-17(13,14)9(10)6-11-7-10/h9,11-12H,2-8H2,1H3. The fourth-order valence-corrected chi connectivity index (χ4v) is 5.89. The molecule has 18 heavy (non-hydrogen) atoms.